The van der Waals surface area contributed by atoms with E-state index >= 15 is 0 Å². The van der Waals surface area contributed by atoms with Gasteiger partial charge in [0.2, 0.25) is 0 Å². The van der Waals surface area contributed by atoms with Crippen molar-refractivity contribution in [1.29, 1.82) is 0 Å². The molecule has 1 saturated heterocycles. The molecule has 22 heavy (non-hydrogen) atoms. The number of phenolic OH excluding ortho intramolecular Hbond substituents is 1. The number of hydrogen-bond acceptors (Lipinski definition) is 4. The number of piperazine rings is 1. The van der Waals surface area contributed by atoms with E-state index in [9.17, 15) is 18.3 Å². The van der Waals surface area contributed by atoms with Crippen LogP contribution in [0.15, 0.2) is 16.6 Å². The number of benzene rings is 1. The number of aromatic hydroxyl groups is 1. The highest BCUT2D eigenvalue weighted by Gasteiger charge is 2.45. The highest BCUT2D eigenvalue weighted by Crippen LogP contribution is 2.43. The minimum absolute atomic E-state index is 0. The first-order valence-electron chi connectivity index (χ1n) is 6.42. The molecule has 1 fully saturated rings. The minimum Gasteiger partial charge on any atom is -0.503 e. The average Bonchev–Trinajstić information content (AvgIpc) is 2.42. The van der Waals surface area contributed by atoms with Crippen LogP contribution >= 0.6 is 28.3 Å². The number of alkyl halides is 3. The number of ether oxygens (including phenoxy) is 1. The van der Waals surface area contributed by atoms with Gasteiger partial charge in [0.1, 0.15) is 6.04 Å². The number of hydrogen-bond donors (Lipinski definition) is 2. The van der Waals surface area contributed by atoms with Gasteiger partial charge in [-0.2, -0.15) is 13.2 Å². The zero-order valence-corrected chi connectivity index (χ0v) is 14.2. The lowest BCUT2D eigenvalue weighted by Gasteiger charge is -2.36. The van der Waals surface area contributed by atoms with Crippen molar-refractivity contribution in [2.45, 2.75) is 12.2 Å². The van der Waals surface area contributed by atoms with Gasteiger partial charge in [0.15, 0.2) is 11.5 Å². The van der Waals surface area contributed by atoms with E-state index in [4.69, 9.17) is 4.74 Å². The Kier molecular flexibility index (Phi) is 6.79. The lowest BCUT2D eigenvalue weighted by atomic mass is 10.0. The van der Waals surface area contributed by atoms with Crippen LogP contribution in [-0.2, 0) is 0 Å². The molecule has 0 aliphatic carbocycles. The maximum absolute atomic E-state index is 13.5. The van der Waals surface area contributed by atoms with Crippen molar-refractivity contribution >= 4 is 28.3 Å². The summed E-state index contributed by atoms with van der Waals surface area (Å²) in [5, 5.41) is 12.8. The summed E-state index contributed by atoms with van der Waals surface area (Å²) in [6.45, 7) is 1.65. The molecular formula is C13H17BrClF3N2O2. The van der Waals surface area contributed by atoms with E-state index in [2.05, 4.69) is 21.2 Å². The Hall–Kier alpha value is -0.700. The van der Waals surface area contributed by atoms with Gasteiger partial charge in [-0.15, -0.1) is 12.4 Å². The fourth-order valence-corrected chi connectivity index (χ4v) is 2.91. The van der Waals surface area contributed by atoms with Crippen molar-refractivity contribution < 1.29 is 23.0 Å². The first-order chi connectivity index (χ1) is 9.84. The van der Waals surface area contributed by atoms with Gasteiger partial charge in [-0.1, -0.05) is 0 Å². The second kappa shape index (κ2) is 7.72. The van der Waals surface area contributed by atoms with Gasteiger partial charge >= 0.3 is 6.18 Å². The van der Waals surface area contributed by atoms with E-state index in [1.165, 1.54) is 24.1 Å². The molecule has 0 aromatic heterocycles. The molecule has 1 atom stereocenters. The van der Waals surface area contributed by atoms with Gasteiger partial charge < -0.3 is 15.2 Å². The van der Waals surface area contributed by atoms with Crippen LogP contribution in [-0.4, -0.2) is 49.5 Å². The normalized spacial score (nSPS) is 17.7. The summed E-state index contributed by atoms with van der Waals surface area (Å²) in [4.78, 5) is 1.38. The van der Waals surface area contributed by atoms with Crippen molar-refractivity contribution in [3.8, 4) is 11.5 Å². The van der Waals surface area contributed by atoms with Crippen molar-refractivity contribution in [3.05, 3.63) is 22.2 Å². The number of rotatable bonds is 3. The van der Waals surface area contributed by atoms with E-state index in [-0.39, 0.29) is 33.9 Å². The maximum atomic E-state index is 13.5. The Labute approximate surface area is 141 Å². The summed E-state index contributed by atoms with van der Waals surface area (Å²) in [5.74, 6) is -0.189. The number of nitrogens with one attached hydrogen (secondary N) is 1. The summed E-state index contributed by atoms with van der Waals surface area (Å²) in [6, 6.07) is 0.809. The van der Waals surface area contributed by atoms with Gasteiger partial charge in [-0.3, -0.25) is 4.90 Å². The number of halogens is 5. The van der Waals surface area contributed by atoms with Crippen molar-refractivity contribution in [2.24, 2.45) is 0 Å². The molecule has 9 heteroatoms. The SMILES string of the molecule is COc1cc([C@@H](N2CCNCC2)C(F)(F)F)cc(Br)c1O.Cl. The maximum Gasteiger partial charge on any atom is 0.408 e. The fourth-order valence-electron chi connectivity index (χ4n) is 2.45. The lowest BCUT2D eigenvalue weighted by Crippen LogP contribution is -2.49. The molecule has 0 unspecified atom stereocenters. The standard InChI is InChI=1S/C13H16BrF3N2O2.ClH/c1-21-10-7-8(6-9(14)11(10)20)12(13(15,16)17)19-4-2-18-3-5-19;/h6-7,12,18,20H,2-5H2,1H3;1H/t12-;/m1./s1. The van der Waals surface area contributed by atoms with Crippen LogP contribution in [0.3, 0.4) is 0 Å². The summed E-state index contributed by atoms with van der Waals surface area (Å²) in [5.41, 5.74) is 0.0472. The quantitative estimate of drug-likeness (QED) is 0.811. The monoisotopic (exact) mass is 404 g/mol. The molecule has 1 aromatic carbocycles. The zero-order chi connectivity index (χ0) is 15.6. The van der Waals surface area contributed by atoms with Gasteiger partial charge in [-0.25, -0.2) is 0 Å². The number of phenols is 1. The van der Waals surface area contributed by atoms with Crippen LogP contribution in [0.2, 0.25) is 0 Å². The van der Waals surface area contributed by atoms with Gasteiger partial charge in [0.05, 0.1) is 11.6 Å². The molecule has 2 rings (SSSR count). The van der Waals surface area contributed by atoms with Gasteiger partial charge in [0, 0.05) is 26.2 Å². The van der Waals surface area contributed by atoms with Crippen LogP contribution < -0.4 is 10.1 Å². The molecule has 1 heterocycles. The van der Waals surface area contributed by atoms with Crippen LogP contribution in [0.5, 0.6) is 11.5 Å². The third-order valence-electron chi connectivity index (χ3n) is 3.41. The molecule has 4 nitrogen and oxygen atoms in total. The Morgan fingerprint density at radius 2 is 1.91 bits per heavy atom. The topological polar surface area (TPSA) is 44.7 Å². The van der Waals surface area contributed by atoms with E-state index in [1.54, 1.807) is 0 Å². The molecule has 0 amide bonds. The summed E-state index contributed by atoms with van der Waals surface area (Å²) in [6.07, 6.45) is -4.40. The Bertz CT molecular complexity index is 511. The molecule has 1 aliphatic heterocycles. The Balaban J connectivity index is 0.00000242. The average molecular weight is 406 g/mol. The van der Waals surface area contributed by atoms with Crippen molar-refractivity contribution in [1.82, 2.24) is 10.2 Å². The third kappa shape index (κ3) is 4.18. The van der Waals surface area contributed by atoms with E-state index in [0.717, 1.165) is 0 Å². The summed E-state index contributed by atoms with van der Waals surface area (Å²) in [7, 11) is 1.30. The molecule has 0 spiro atoms. The fraction of sp³-hybridized carbons (Fsp3) is 0.538. The molecule has 1 aliphatic rings. The van der Waals surface area contributed by atoms with E-state index < -0.39 is 12.2 Å². The molecule has 0 saturated carbocycles. The van der Waals surface area contributed by atoms with Crippen LogP contribution in [0.4, 0.5) is 13.2 Å². The zero-order valence-electron chi connectivity index (χ0n) is 11.8. The first-order valence-corrected chi connectivity index (χ1v) is 7.21. The largest absolute Gasteiger partial charge is 0.503 e. The van der Waals surface area contributed by atoms with Crippen molar-refractivity contribution in [3.63, 3.8) is 0 Å². The molecule has 0 bridgehead atoms. The second-order valence-electron chi connectivity index (χ2n) is 4.78. The summed E-state index contributed by atoms with van der Waals surface area (Å²) >= 11 is 3.07. The highest BCUT2D eigenvalue weighted by atomic mass is 79.9. The molecule has 126 valence electrons. The number of nitrogens with zero attached hydrogens (tertiary/aromatic N) is 1. The second-order valence-corrected chi connectivity index (χ2v) is 5.64. The predicted molar refractivity (Wildman–Crippen MR) is 82.8 cm³/mol. The Morgan fingerprint density at radius 1 is 1.32 bits per heavy atom. The van der Waals surface area contributed by atoms with E-state index in [0.29, 0.717) is 26.2 Å². The van der Waals surface area contributed by atoms with Crippen molar-refractivity contribution in [2.75, 3.05) is 33.3 Å². The number of methoxy groups -OCH3 is 1. The molecule has 0 radical (unpaired) electrons. The summed E-state index contributed by atoms with van der Waals surface area (Å²) < 4.78 is 45.6. The van der Waals surface area contributed by atoms with Crippen LogP contribution in [0.25, 0.3) is 0 Å². The first kappa shape index (κ1) is 19.3. The molecule has 2 N–H and O–H groups in total. The van der Waals surface area contributed by atoms with Gasteiger partial charge in [0.25, 0.3) is 0 Å². The van der Waals surface area contributed by atoms with Crippen LogP contribution in [0, 0.1) is 0 Å². The minimum atomic E-state index is -4.40. The van der Waals surface area contributed by atoms with Gasteiger partial charge in [-0.05, 0) is 33.6 Å². The lowest BCUT2D eigenvalue weighted by molar-refractivity contribution is -0.187. The highest BCUT2D eigenvalue weighted by molar-refractivity contribution is 9.10. The molecule has 1 aromatic rings. The predicted octanol–water partition coefficient (Wildman–Crippen LogP) is 3.09. The third-order valence-corrected chi connectivity index (χ3v) is 4.02. The Morgan fingerprint density at radius 3 is 2.41 bits per heavy atom. The van der Waals surface area contributed by atoms with E-state index in [1.807, 2.05) is 0 Å². The van der Waals surface area contributed by atoms with Crippen LogP contribution in [0.1, 0.15) is 11.6 Å². The molecular weight excluding hydrogens is 389 g/mol. The smallest absolute Gasteiger partial charge is 0.408 e.